The second-order valence-corrected chi connectivity index (χ2v) is 4.66. The van der Waals surface area contributed by atoms with Crippen LogP contribution in [-0.4, -0.2) is 19.6 Å². The molecule has 0 aliphatic rings. The van der Waals surface area contributed by atoms with Crippen molar-refractivity contribution in [2.45, 2.75) is 13.8 Å². The Balaban J connectivity index is 2.91. The molecule has 1 aromatic carbocycles. The lowest BCUT2D eigenvalue weighted by atomic mass is 9.93. The Bertz CT molecular complexity index is 513. The van der Waals surface area contributed by atoms with E-state index < -0.39 is 23.0 Å². The van der Waals surface area contributed by atoms with Crippen molar-refractivity contribution in [1.29, 1.82) is 5.26 Å². The summed E-state index contributed by atoms with van der Waals surface area (Å²) in [5, 5.41) is 11.1. The number of carbonyl (C=O) groups is 1. The first kappa shape index (κ1) is 14.9. The lowest BCUT2D eigenvalue weighted by Gasteiger charge is -2.22. The maximum Gasteiger partial charge on any atom is 0.313 e. The van der Waals surface area contributed by atoms with Gasteiger partial charge >= 0.3 is 5.97 Å². The molecule has 1 aromatic rings. The Hall–Kier alpha value is -2.16. The van der Waals surface area contributed by atoms with Gasteiger partial charge < -0.3 is 10.1 Å². The second-order valence-electron chi connectivity index (χ2n) is 4.66. The molecule has 4 nitrogen and oxygen atoms in total. The van der Waals surface area contributed by atoms with E-state index in [2.05, 4.69) is 10.1 Å². The Morgan fingerprint density at radius 3 is 2.37 bits per heavy atom. The summed E-state index contributed by atoms with van der Waals surface area (Å²) in [6.45, 7) is 3.18. The summed E-state index contributed by atoms with van der Waals surface area (Å²) in [6, 6.07) is 3.51. The van der Waals surface area contributed by atoms with Crippen LogP contribution in [0.2, 0.25) is 0 Å². The smallest absolute Gasteiger partial charge is 0.313 e. The summed E-state index contributed by atoms with van der Waals surface area (Å²) < 4.78 is 31.8. The minimum Gasteiger partial charge on any atom is -0.469 e. The van der Waals surface area contributed by atoms with Crippen LogP contribution in [-0.2, 0) is 9.53 Å². The standard InChI is InChI=1S/C13H14F2N2O2/c1-13(2,12(18)19-3)7-17-11-9(14)4-8(6-16)5-10(11)15/h4-5,17H,7H2,1-3H3. The van der Waals surface area contributed by atoms with Crippen LogP contribution >= 0.6 is 0 Å². The van der Waals surface area contributed by atoms with Crippen LogP contribution in [0, 0.1) is 28.4 Å². The molecule has 0 amide bonds. The third-order valence-electron chi connectivity index (χ3n) is 2.62. The highest BCUT2D eigenvalue weighted by Crippen LogP contribution is 2.23. The van der Waals surface area contributed by atoms with Crippen LogP contribution < -0.4 is 5.32 Å². The number of anilines is 1. The highest BCUT2D eigenvalue weighted by atomic mass is 19.1. The van der Waals surface area contributed by atoms with Gasteiger partial charge in [-0.3, -0.25) is 4.79 Å². The molecule has 0 unspecified atom stereocenters. The first-order valence-electron chi connectivity index (χ1n) is 5.53. The normalized spacial score (nSPS) is 10.7. The van der Waals surface area contributed by atoms with Gasteiger partial charge in [0.2, 0.25) is 0 Å². The molecule has 0 fully saturated rings. The number of nitrogens with one attached hydrogen (secondary N) is 1. The zero-order valence-electron chi connectivity index (χ0n) is 10.9. The monoisotopic (exact) mass is 268 g/mol. The second kappa shape index (κ2) is 5.65. The molecule has 0 heterocycles. The summed E-state index contributed by atoms with van der Waals surface area (Å²) in [6.07, 6.45) is 0. The molecular weight excluding hydrogens is 254 g/mol. The van der Waals surface area contributed by atoms with E-state index in [1.165, 1.54) is 7.11 Å². The minimum atomic E-state index is -0.929. The molecule has 0 bridgehead atoms. The quantitative estimate of drug-likeness (QED) is 0.852. The van der Waals surface area contributed by atoms with Crippen molar-refractivity contribution in [2.24, 2.45) is 5.41 Å². The zero-order chi connectivity index (χ0) is 14.6. The number of hydrogen-bond donors (Lipinski definition) is 1. The first-order chi connectivity index (χ1) is 8.81. The maximum absolute atomic E-state index is 13.6. The van der Waals surface area contributed by atoms with E-state index in [0.29, 0.717) is 0 Å². The summed E-state index contributed by atoms with van der Waals surface area (Å²) in [5.41, 5.74) is -1.40. The van der Waals surface area contributed by atoms with Crippen LogP contribution in [0.3, 0.4) is 0 Å². The molecule has 19 heavy (non-hydrogen) atoms. The minimum absolute atomic E-state index is 0.000582. The van der Waals surface area contributed by atoms with E-state index >= 15 is 0 Å². The van der Waals surface area contributed by atoms with Gasteiger partial charge in [-0.05, 0) is 26.0 Å². The predicted molar refractivity (Wildman–Crippen MR) is 65.4 cm³/mol. The Kier molecular flexibility index (Phi) is 4.43. The lowest BCUT2D eigenvalue weighted by Crippen LogP contribution is -2.33. The number of esters is 1. The molecular formula is C13H14F2N2O2. The predicted octanol–water partition coefficient (Wildman–Crippen LogP) is 2.45. The van der Waals surface area contributed by atoms with Gasteiger partial charge in [0, 0.05) is 6.54 Å². The van der Waals surface area contributed by atoms with Gasteiger partial charge in [0.1, 0.15) is 5.69 Å². The van der Waals surface area contributed by atoms with Gasteiger partial charge in [-0.15, -0.1) is 0 Å². The highest BCUT2D eigenvalue weighted by Gasteiger charge is 2.29. The lowest BCUT2D eigenvalue weighted by molar-refractivity contribution is -0.149. The molecule has 0 atom stereocenters. The number of carbonyl (C=O) groups excluding carboxylic acids is 1. The maximum atomic E-state index is 13.6. The van der Waals surface area contributed by atoms with Crippen molar-refractivity contribution in [1.82, 2.24) is 0 Å². The number of nitrogens with zero attached hydrogens (tertiary/aromatic N) is 1. The van der Waals surface area contributed by atoms with Gasteiger partial charge in [-0.2, -0.15) is 5.26 Å². The third kappa shape index (κ3) is 3.41. The van der Waals surface area contributed by atoms with Crippen LogP contribution in [0.1, 0.15) is 19.4 Å². The van der Waals surface area contributed by atoms with Crippen molar-refractivity contribution in [3.63, 3.8) is 0 Å². The summed E-state index contributed by atoms with van der Waals surface area (Å²) in [7, 11) is 1.24. The van der Waals surface area contributed by atoms with E-state index in [1.807, 2.05) is 0 Å². The Morgan fingerprint density at radius 2 is 1.95 bits per heavy atom. The van der Waals surface area contributed by atoms with E-state index in [1.54, 1.807) is 19.9 Å². The number of rotatable bonds is 4. The molecule has 0 aromatic heterocycles. The number of ether oxygens (including phenoxy) is 1. The fourth-order valence-corrected chi connectivity index (χ4v) is 1.46. The first-order valence-corrected chi connectivity index (χ1v) is 5.53. The van der Waals surface area contributed by atoms with E-state index in [9.17, 15) is 13.6 Å². The van der Waals surface area contributed by atoms with Gasteiger partial charge in [0.25, 0.3) is 0 Å². The molecule has 0 aliphatic heterocycles. The average molecular weight is 268 g/mol. The molecule has 1 rings (SSSR count). The molecule has 0 spiro atoms. The SMILES string of the molecule is COC(=O)C(C)(C)CNc1c(F)cc(C#N)cc1F. The molecule has 0 saturated carbocycles. The van der Waals surface area contributed by atoms with E-state index in [0.717, 1.165) is 12.1 Å². The molecule has 0 saturated heterocycles. The summed E-state index contributed by atoms with van der Waals surface area (Å²) >= 11 is 0. The summed E-state index contributed by atoms with van der Waals surface area (Å²) in [5.74, 6) is -2.25. The van der Waals surface area contributed by atoms with E-state index in [-0.39, 0.29) is 17.8 Å². The molecule has 6 heteroatoms. The van der Waals surface area contributed by atoms with Gasteiger partial charge in [-0.25, -0.2) is 8.78 Å². The van der Waals surface area contributed by atoms with E-state index in [4.69, 9.17) is 5.26 Å². The molecule has 1 N–H and O–H groups in total. The molecule has 0 aliphatic carbocycles. The highest BCUT2D eigenvalue weighted by molar-refractivity contribution is 5.76. The van der Waals surface area contributed by atoms with Crippen molar-refractivity contribution in [3.8, 4) is 6.07 Å². The average Bonchev–Trinajstić information content (AvgIpc) is 2.36. The van der Waals surface area contributed by atoms with Crippen LogP contribution in [0.25, 0.3) is 0 Å². The van der Waals surface area contributed by atoms with Gasteiger partial charge in [0.15, 0.2) is 11.6 Å². The summed E-state index contributed by atoms with van der Waals surface area (Å²) in [4.78, 5) is 11.4. The van der Waals surface area contributed by atoms with Crippen molar-refractivity contribution in [3.05, 3.63) is 29.3 Å². The zero-order valence-corrected chi connectivity index (χ0v) is 10.9. The van der Waals surface area contributed by atoms with Gasteiger partial charge in [0.05, 0.1) is 24.2 Å². The fraction of sp³-hybridized carbons (Fsp3) is 0.385. The Labute approximate surface area is 110 Å². The molecule has 0 radical (unpaired) electrons. The Morgan fingerprint density at radius 1 is 1.42 bits per heavy atom. The number of benzene rings is 1. The van der Waals surface area contributed by atoms with Crippen molar-refractivity contribution in [2.75, 3.05) is 19.0 Å². The van der Waals surface area contributed by atoms with Crippen molar-refractivity contribution >= 4 is 11.7 Å². The number of hydrogen-bond acceptors (Lipinski definition) is 4. The number of nitriles is 1. The van der Waals surface area contributed by atoms with Crippen LogP contribution in [0.15, 0.2) is 12.1 Å². The third-order valence-corrected chi connectivity index (χ3v) is 2.62. The largest absolute Gasteiger partial charge is 0.469 e. The van der Waals surface area contributed by atoms with Crippen molar-refractivity contribution < 1.29 is 18.3 Å². The van der Waals surface area contributed by atoms with Gasteiger partial charge in [-0.1, -0.05) is 0 Å². The van der Waals surface area contributed by atoms with Crippen LogP contribution in [0.5, 0.6) is 0 Å². The topological polar surface area (TPSA) is 62.1 Å². The molecule has 102 valence electrons. The fourth-order valence-electron chi connectivity index (χ4n) is 1.46. The van der Waals surface area contributed by atoms with Crippen LogP contribution in [0.4, 0.5) is 14.5 Å². The number of halogens is 2. The number of methoxy groups -OCH3 is 1.